The Kier molecular flexibility index (Phi) is 6.30. The predicted molar refractivity (Wildman–Crippen MR) is 124 cm³/mol. The number of nitrogens with one attached hydrogen (secondary N) is 2. The molecule has 0 radical (unpaired) electrons. The van der Waals surface area contributed by atoms with Gasteiger partial charge in [-0.2, -0.15) is 5.10 Å². The Morgan fingerprint density at radius 3 is 2.90 bits per heavy atom. The van der Waals surface area contributed by atoms with Crippen LogP contribution in [0.3, 0.4) is 0 Å². The number of carbonyl (C=O) groups excluding carboxylic acids is 1. The van der Waals surface area contributed by atoms with Crippen molar-refractivity contribution in [2.45, 2.75) is 52.1 Å². The third-order valence-electron chi connectivity index (χ3n) is 5.65. The van der Waals surface area contributed by atoms with Crippen molar-refractivity contribution in [2.75, 3.05) is 10.6 Å². The topological polar surface area (TPSA) is 79.2 Å². The maximum Gasteiger partial charge on any atom is 0.324 e. The molecule has 0 saturated heterocycles. The first kappa shape index (κ1) is 21.4. The minimum atomic E-state index is -0.451. The Labute approximate surface area is 187 Å². The highest BCUT2D eigenvalue weighted by atomic mass is 35.5. The van der Waals surface area contributed by atoms with Gasteiger partial charge in [-0.1, -0.05) is 43.1 Å². The molecular weight excluding hydrogens is 412 g/mol. The smallest absolute Gasteiger partial charge is 0.324 e. The number of hydrogen-bond acceptors (Lipinski definition) is 3. The summed E-state index contributed by atoms with van der Waals surface area (Å²) in [5.41, 5.74) is 5.26. The summed E-state index contributed by atoms with van der Waals surface area (Å²) in [5.74, 6) is 0.569. The van der Waals surface area contributed by atoms with Gasteiger partial charge in [0.05, 0.1) is 28.2 Å². The van der Waals surface area contributed by atoms with E-state index in [9.17, 15) is 9.90 Å². The second kappa shape index (κ2) is 9.12. The van der Waals surface area contributed by atoms with Gasteiger partial charge >= 0.3 is 6.03 Å². The van der Waals surface area contributed by atoms with Crippen LogP contribution in [0, 0.1) is 6.92 Å². The van der Waals surface area contributed by atoms with Gasteiger partial charge in [-0.05, 0) is 67.5 Å². The van der Waals surface area contributed by atoms with Crippen molar-refractivity contribution >= 4 is 29.1 Å². The zero-order valence-electron chi connectivity index (χ0n) is 17.8. The Morgan fingerprint density at radius 2 is 2.10 bits per heavy atom. The monoisotopic (exact) mass is 438 g/mol. The number of aromatic nitrogens is 2. The molecule has 3 aromatic rings. The molecule has 2 amide bonds. The molecule has 0 spiro atoms. The van der Waals surface area contributed by atoms with Gasteiger partial charge in [0, 0.05) is 6.07 Å². The minimum Gasteiger partial charge on any atom is -0.388 e. The number of rotatable bonds is 6. The average molecular weight is 439 g/mol. The second-order valence-electron chi connectivity index (χ2n) is 7.99. The highest BCUT2D eigenvalue weighted by Gasteiger charge is 2.22. The molecule has 0 bridgehead atoms. The number of hydrogen-bond donors (Lipinski definition) is 3. The molecule has 4 rings (SSSR count). The van der Waals surface area contributed by atoms with Gasteiger partial charge in [-0.3, -0.25) is 5.32 Å². The summed E-state index contributed by atoms with van der Waals surface area (Å²) in [7, 11) is 0. The Balaban J connectivity index is 1.62. The molecule has 1 aromatic heterocycles. The summed E-state index contributed by atoms with van der Waals surface area (Å²) in [6.45, 7) is 4.03. The lowest BCUT2D eigenvalue weighted by Gasteiger charge is -2.13. The number of anilines is 2. The summed E-state index contributed by atoms with van der Waals surface area (Å²) in [6.07, 6.45) is 4.08. The molecule has 1 aliphatic carbocycles. The van der Waals surface area contributed by atoms with E-state index in [0.717, 1.165) is 60.2 Å². The van der Waals surface area contributed by atoms with E-state index in [0.29, 0.717) is 16.5 Å². The number of aliphatic hydroxyl groups excluding tert-OH is 1. The van der Waals surface area contributed by atoms with Gasteiger partial charge in [0.15, 0.2) is 0 Å². The van der Waals surface area contributed by atoms with Crippen molar-refractivity contribution in [1.29, 1.82) is 0 Å². The van der Waals surface area contributed by atoms with E-state index < -0.39 is 12.1 Å². The highest BCUT2D eigenvalue weighted by molar-refractivity contribution is 6.34. The molecule has 1 unspecified atom stereocenters. The quantitative estimate of drug-likeness (QED) is 0.455. The van der Waals surface area contributed by atoms with Crippen LogP contribution in [0.2, 0.25) is 5.02 Å². The first-order valence-electron chi connectivity index (χ1n) is 10.7. The lowest BCUT2D eigenvalue weighted by atomic mass is 10.1. The number of aliphatic hydroxyl groups is 1. The predicted octanol–water partition coefficient (Wildman–Crippen LogP) is 5.80. The van der Waals surface area contributed by atoms with Crippen LogP contribution < -0.4 is 10.6 Å². The van der Waals surface area contributed by atoms with E-state index in [4.69, 9.17) is 16.7 Å². The van der Waals surface area contributed by atoms with E-state index in [1.54, 1.807) is 10.7 Å². The third-order valence-corrected chi connectivity index (χ3v) is 6.15. The van der Waals surface area contributed by atoms with Gasteiger partial charge in [-0.25, -0.2) is 9.48 Å². The van der Waals surface area contributed by atoms with Gasteiger partial charge in [-0.15, -0.1) is 0 Å². The van der Waals surface area contributed by atoms with Gasteiger partial charge < -0.3 is 10.4 Å². The maximum absolute atomic E-state index is 12.7. The molecule has 31 heavy (non-hydrogen) atoms. The number of benzene rings is 2. The molecule has 1 atom stereocenters. The average Bonchev–Trinajstić information content (AvgIpc) is 3.33. The van der Waals surface area contributed by atoms with Crippen molar-refractivity contribution in [3.8, 4) is 5.69 Å². The van der Waals surface area contributed by atoms with Crippen molar-refractivity contribution in [3.63, 3.8) is 0 Å². The molecule has 7 heteroatoms. The number of halogens is 1. The fraction of sp³-hybridized carbons (Fsp3) is 0.333. The largest absolute Gasteiger partial charge is 0.388 e. The van der Waals surface area contributed by atoms with Crippen molar-refractivity contribution in [2.24, 2.45) is 0 Å². The first-order valence-corrected chi connectivity index (χ1v) is 11.1. The fourth-order valence-electron chi connectivity index (χ4n) is 3.91. The van der Waals surface area contributed by atoms with E-state index in [1.807, 2.05) is 43.3 Å². The van der Waals surface area contributed by atoms with Crippen LogP contribution in [-0.2, 0) is 12.8 Å². The minimum absolute atomic E-state index is 0.392. The van der Waals surface area contributed by atoms with Crippen LogP contribution in [0.1, 0.15) is 54.7 Å². The van der Waals surface area contributed by atoms with Crippen molar-refractivity contribution in [1.82, 2.24) is 9.78 Å². The molecule has 2 aromatic carbocycles. The van der Waals surface area contributed by atoms with Crippen LogP contribution in [0.25, 0.3) is 5.69 Å². The normalized spacial score (nSPS) is 15.0. The number of nitrogens with zero attached hydrogens (tertiary/aromatic N) is 2. The lowest BCUT2D eigenvalue weighted by molar-refractivity contribution is 0.180. The van der Waals surface area contributed by atoms with Crippen LogP contribution in [-0.4, -0.2) is 20.9 Å². The van der Waals surface area contributed by atoms with Crippen molar-refractivity contribution in [3.05, 3.63) is 69.9 Å². The summed E-state index contributed by atoms with van der Waals surface area (Å²) < 4.78 is 1.73. The molecule has 0 saturated carbocycles. The lowest BCUT2D eigenvalue weighted by Crippen LogP contribution is -2.21. The van der Waals surface area contributed by atoms with E-state index in [-0.39, 0.29) is 0 Å². The number of aryl methyl sites for hydroxylation is 3. The SMILES string of the molecule is CCCCc1cc(NC(=O)Nc2cccc(C)c2Cl)n(-c2ccc3c(c2)C(O)CC3)n1. The highest BCUT2D eigenvalue weighted by Crippen LogP contribution is 2.33. The molecule has 162 valence electrons. The number of carbonyl (C=O) groups is 1. The summed E-state index contributed by atoms with van der Waals surface area (Å²) >= 11 is 6.31. The summed E-state index contributed by atoms with van der Waals surface area (Å²) in [4.78, 5) is 12.7. The fourth-order valence-corrected chi connectivity index (χ4v) is 4.08. The number of urea groups is 1. The Morgan fingerprint density at radius 1 is 1.26 bits per heavy atom. The molecule has 0 aliphatic heterocycles. The van der Waals surface area contributed by atoms with Gasteiger partial charge in [0.2, 0.25) is 0 Å². The van der Waals surface area contributed by atoms with Crippen LogP contribution in [0.5, 0.6) is 0 Å². The third kappa shape index (κ3) is 4.60. The van der Waals surface area contributed by atoms with Crippen molar-refractivity contribution < 1.29 is 9.90 Å². The standard InChI is InChI=1S/C24H27ClN4O2/c1-3-4-7-17-13-22(27-24(31)26-20-8-5-6-15(2)23(20)25)29(28-17)18-11-9-16-10-12-21(30)19(16)14-18/h5-6,8-9,11,13-14,21,30H,3-4,7,10,12H2,1-2H3,(H2,26,27,31). The number of amides is 2. The van der Waals surface area contributed by atoms with Crippen LogP contribution in [0.4, 0.5) is 16.3 Å². The van der Waals surface area contributed by atoms with E-state index in [2.05, 4.69) is 17.6 Å². The Bertz CT molecular complexity index is 1110. The van der Waals surface area contributed by atoms with E-state index in [1.165, 1.54) is 0 Å². The van der Waals surface area contributed by atoms with Gasteiger partial charge in [0.1, 0.15) is 5.82 Å². The van der Waals surface area contributed by atoms with Gasteiger partial charge in [0.25, 0.3) is 0 Å². The molecule has 1 aliphatic rings. The second-order valence-corrected chi connectivity index (χ2v) is 8.37. The number of unbranched alkanes of at least 4 members (excludes halogenated alkanes) is 1. The number of fused-ring (bicyclic) bond motifs is 1. The molecule has 6 nitrogen and oxygen atoms in total. The Hall–Kier alpha value is -2.83. The molecule has 1 heterocycles. The summed E-state index contributed by atoms with van der Waals surface area (Å²) in [6, 6.07) is 13.0. The van der Waals surface area contributed by atoms with Crippen LogP contribution in [0.15, 0.2) is 42.5 Å². The maximum atomic E-state index is 12.7. The zero-order chi connectivity index (χ0) is 22.0. The van der Waals surface area contributed by atoms with E-state index >= 15 is 0 Å². The summed E-state index contributed by atoms with van der Waals surface area (Å²) in [5, 5.41) is 21.2. The molecule has 3 N–H and O–H groups in total. The van der Waals surface area contributed by atoms with Crippen LogP contribution >= 0.6 is 11.6 Å². The molecular formula is C24H27ClN4O2. The zero-order valence-corrected chi connectivity index (χ0v) is 18.5. The first-order chi connectivity index (χ1) is 15.0. The molecule has 0 fully saturated rings.